The van der Waals surface area contributed by atoms with E-state index in [4.69, 9.17) is 18.9 Å². The van der Waals surface area contributed by atoms with Crippen molar-refractivity contribution in [3.05, 3.63) is 46.5 Å². The maximum absolute atomic E-state index is 13.3. The number of ketones is 1. The number of allylic oxidation sites excluding steroid dienone is 1. The largest absolute Gasteiger partial charge is 0.387 e. The van der Waals surface area contributed by atoms with Gasteiger partial charge in [-0.1, -0.05) is 56.2 Å². The Hall–Kier alpha value is -1.57. The standard InChI is InChI=1S/C32H44O6/c1-30(2)17-37-32(38-18-30)14-13-22-23(29(32)34)9-10-24-26-11-12-27(33)31(26,3)15-25(28(22)24)21-7-5-20(6-8-21)16-36-19-35-4/h5-8,23-26,29,34H,9-19H2,1-4H3/t23-,24+,25-,26+,29?,31+/m1/s1. The summed E-state index contributed by atoms with van der Waals surface area (Å²) >= 11 is 0. The Bertz CT molecular complexity index is 1080. The second-order valence-corrected chi connectivity index (χ2v) is 13.5. The van der Waals surface area contributed by atoms with Gasteiger partial charge in [0.1, 0.15) is 18.7 Å². The van der Waals surface area contributed by atoms with Gasteiger partial charge in [0.05, 0.1) is 19.8 Å². The average Bonchev–Trinajstić information content (AvgIpc) is 3.21. The summed E-state index contributed by atoms with van der Waals surface area (Å²) in [6, 6.07) is 8.74. The van der Waals surface area contributed by atoms with Crippen LogP contribution in [0.1, 0.15) is 82.8 Å². The predicted octanol–water partition coefficient (Wildman–Crippen LogP) is 5.53. The van der Waals surface area contributed by atoms with E-state index in [0.717, 1.165) is 37.7 Å². The molecule has 6 heteroatoms. The summed E-state index contributed by atoms with van der Waals surface area (Å²) in [5.74, 6) is 0.632. The highest BCUT2D eigenvalue weighted by atomic mass is 16.7. The molecule has 0 aromatic heterocycles. The molecule has 1 N–H and O–H groups in total. The highest BCUT2D eigenvalue weighted by molar-refractivity contribution is 5.87. The van der Waals surface area contributed by atoms with E-state index in [2.05, 4.69) is 45.0 Å². The Morgan fingerprint density at radius 3 is 2.42 bits per heavy atom. The van der Waals surface area contributed by atoms with Gasteiger partial charge < -0.3 is 24.1 Å². The van der Waals surface area contributed by atoms with E-state index in [9.17, 15) is 9.90 Å². The number of carbonyl (C=O) groups excluding carboxylic acids is 1. The summed E-state index contributed by atoms with van der Waals surface area (Å²) in [7, 11) is 1.63. The molecule has 1 aromatic rings. The summed E-state index contributed by atoms with van der Waals surface area (Å²) in [5.41, 5.74) is 5.04. The lowest BCUT2D eigenvalue weighted by atomic mass is 9.52. The zero-order valence-electron chi connectivity index (χ0n) is 23.5. The fraction of sp³-hybridized carbons (Fsp3) is 0.719. The molecule has 1 unspecified atom stereocenters. The van der Waals surface area contributed by atoms with Crippen molar-refractivity contribution in [1.29, 1.82) is 0 Å². The van der Waals surface area contributed by atoms with Crippen molar-refractivity contribution in [2.75, 3.05) is 27.1 Å². The van der Waals surface area contributed by atoms with Crippen LogP contribution in [0.3, 0.4) is 0 Å². The third kappa shape index (κ3) is 4.32. The number of hydrogen-bond donors (Lipinski definition) is 1. The fourth-order valence-electron chi connectivity index (χ4n) is 8.44. The molecule has 1 aromatic carbocycles. The van der Waals surface area contributed by atoms with Gasteiger partial charge in [-0.05, 0) is 55.1 Å². The average molecular weight is 525 g/mol. The Kier molecular flexibility index (Phi) is 6.88. The molecule has 1 heterocycles. The van der Waals surface area contributed by atoms with Crippen LogP contribution >= 0.6 is 0 Å². The predicted molar refractivity (Wildman–Crippen MR) is 143 cm³/mol. The molecule has 1 spiro atoms. The molecule has 6 nitrogen and oxygen atoms in total. The number of Topliss-reactive ketones (excluding diaryl/α,β-unsaturated/α-hetero) is 1. The van der Waals surface area contributed by atoms with Gasteiger partial charge >= 0.3 is 0 Å². The minimum absolute atomic E-state index is 0.0317. The van der Waals surface area contributed by atoms with Gasteiger partial charge in [0.25, 0.3) is 0 Å². The van der Waals surface area contributed by atoms with Crippen molar-refractivity contribution < 1.29 is 28.8 Å². The highest BCUT2D eigenvalue weighted by Crippen LogP contribution is 2.64. The minimum atomic E-state index is -0.886. The Morgan fingerprint density at radius 1 is 1.00 bits per heavy atom. The Balaban J connectivity index is 1.35. The zero-order valence-corrected chi connectivity index (χ0v) is 23.5. The molecule has 0 amide bonds. The van der Waals surface area contributed by atoms with Gasteiger partial charge in [-0.15, -0.1) is 0 Å². The van der Waals surface area contributed by atoms with Gasteiger partial charge in [-0.3, -0.25) is 4.79 Å². The smallest absolute Gasteiger partial charge is 0.195 e. The molecule has 6 atom stereocenters. The lowest BCUT2D eigenvalue weighted by Crippen LogP contribution is -2.60. The van der Waals surface area contributed by atoms with Crippen LogP contribution in [0, 0.1) is 28.6 Å². The first-order chi connectivity index (χ1) is 18.2. The molecule has 0 radical (unpaired) electrons. The van der Waals surface area contributed by atoms with E-state index in [-0.39, 0.29) is 29.5 Å². The molecule has 0 bridgehead atoms. The van der Waals surface area contributed by atoms with Crippen LogP contribution in [0.15, 0.2) is 35.4 Å². The summed E-state index contributed by atoms with van der Waals surface area (Å²) in [5, 5.41) is 11.8. The zero-order chi connectivity index (χ0) is 26.7. The van der Waals surface area contributed by atoms with E-state index in [1.807, 2.05) is 0 Å². The maximum Gasteiger partial charge on any atom is 0.195 e. The van der Waals surface area contributed by atoms with E-state index >= 15 is 0 Å². The molecular formula is C32H44O6. The monoisotopic (exact) mass is 524 g/mol. The van der Waals surface area contributed by atoms with Crippen LogP contribution in [0.4, 0.5) is 0 Å². The van der Waals surface area contributed by atoms with Crippen molar-refractivity contribution in [2.24, 2.45) is 28.6 Å². The van der Waals surface area contributed by atoms with Crippen LogP contribution in [0.2, 0.25) is 0 Å². The Labute approximate surface area is 227 Å². The number of hydrogen-bond acceptors (Lipinski definition) is 6. The summed E-state index contributed by atoms with van der Waals surface area (Å²) in [4.78, 5) is 13.3. The number of benzene rings is 1. The van der Waals surface area contributed by atoms with Gasteiger partial charge in [0, 0.05) is 42.6 Å². The van der Waals surface area contributed by atoms with Crippen molar-refractivity contribution in [3.8, 4) is 0 Å². The van der Waals surface area contributed by atoms with Crippen molar-refractivity contribution in [3.63, 3.8) is 0 Å². The van der Waals surface area contributed by atoms with E-state index in [1.165, 1.54) is 16.7 Å². The van der Waals surface area contributed by atoms with Crippen molar-refractivity contribution in [2.45, 2.75) is 90.1 Å². The molecular weight excluding hydrogens is 480 g/mol. The second-order valence-electron chi connectivity index (χ2n) is 13.5. The topological polar surface area (TPSA) is 74.2 Å². The third-order valence-electron chi connectivity index (χ3n) is 10.5. The fourth-order valence-corrected chi connectivity index (χ4v) is 8.44. The summed E-state index contributed by atoms with van der Waals surface area (Å²) < 4.78 is 23.2. The van der Waals surface area contributed by atoms with Gasteiger partial charge in [0.2, 0.25) is 0 Å². The maximum atomic E-state index is 13.3. The van der Waals surface area contributed by atoms with Gasteiger partial charge in [0.15, 0.2) is 5.79 Å². The molecule has 4 aliphatic carbocycles. The quantitative estimate of drug-likeness (QED) is 0.310. The highest BCUT2D eigenvalue weighted by Gasteiger charge is 2.59. The number of methoxy groups -OCH3 is 1. The van der Waals surface area contributed by atoms with Gasteiger partial charge in [-0.2, -0.15) is 0 Å². The normalized spacial score (nSPS) is 37.6. The second kappa shape index (κ2) is 9.81. The van der Waals surface area contributed by atoms with E-state index in [1.54, 1.807) is 7.11 Å². The van der Waals surface area contributed by atoms with Gasteiger partial charge in [-0.25, -0.2) is 0 Å². The van der Waals surface area contributed by atoms with E-state index < -0.39 is 11.9 Å². The number of aliphatic hydroxyl groups is 1. The van der Waals surface area contributed by atoms with Crippen LogP contribution in [0.25, 0.3) is 0 Å². The lowest BCUT2D eigenvalue weighted by Gasteiger charge is -2.56. The number of fused-ring (bicyclic) bond motifs is 4. The molecule has 1 saturated heterocycles. The molecule has 1 aliphatic heterocycles. The number of carbonyl (C=O) groups is 1. The first-order valence-corrected chi connectivity index (χ1v) is 14.6. The lowest BCUT2D eigenvalue weighted by molar-refractivity contribution is -0.347. The Morgan fingerprint density at radius 2 is 1.71 bits per heavy atom. The van der Waals surface area contributed by atoms with Crippen molar-refractivity contribution in [1.82, 2.24) is 0 Å². The van der Waals surface area contributed by atoms with Crippen LogP contribution in [-0.2, 0) is 30.3 Å². The number of rotatable bonds is 5. The van der Waals surface area contributed by atoms with Crippen molar-refractivity contribution >= 4 is 5.78 Å². The number of ether oxygens (including phenoxy) is 4. The molecule has 6 rings (SSSR count). The van der Waals surface area contributed by atoms with Crippen LogP contribution < -0.4 is 0 Å². The summed E-state index contributed by atoms with van der Waals surface area (Å²) in [6.07, 6.45) is 5.45. The third-order valence-corrected chi connectivity index (χ3v) is 10.5. The van der Waals surface area contributed by atoms with Crippen LogP contribution in [-0.4, -0.2) is 49.9 Å². The SMILES string of the molecule is COCOCc1ccc([C@H]2C[C@]3(C)C(=O)CC[C@H]3[C@@H]3CC[C@@H]4C(=C32)CCC2(OCC(C)(C)CO2)C4O)cc1. The molecule has 4 fully saturated rings. The summed E-state index contributed by atoms with van der Waals surface area (Å²) in [6.45, 7) is 8.54. The van der Waals surface area contributed by atoms with E-state index in [0.29, 0.717) is 50.3 Å². The first-order valence-electron chi connectivity index (χ1n) is 14.6. The molecule has 38 heavy (non-hydrogen) atoms. The molecule has 3 saturated carbocycles. The molecule has 208 valence electrons. The first kappa shape index (κ1) is 26.6. The minimum Gasteiger partial charge on any atom is -0.387 e. The molecule has 5 aliphatic rings. The van der Waals surface area contributed by atoms with Crippen LogP contribution in [0.5, 0.6) is 0 Å². The number of aliphatic hydroxyl groups excluding tert-OH is 1.